The molecule has 0 aliphatic heterocycles. The molecule has 0 bridgehead atoms. The van der Waals surface area contributed by atoms with E-state index in [-0.39, 0.29) is 10.8 Å². The molecule has 0 radical (unpaired) electrons. The van der Waals surface area contributed by atoms with Crippen molar-refractivity contribution in [2.75, 3.05) is 19.5 Å². The van der Waals surface area contributed by atoms with Crippen LogP contribution in [0.1, 0.15) is 10.5 Å². The summed E-state index contributed by atoms with van der Waals surface area (Å²) in [6.45, 7) is 0. The summed E-state index contributed by atoms with van der Waals surface area (Å²) < 4.78 is 11.8. The van der Waals surface area contributed by atoms with Crippen molar-refractivity contribution >= 4 is 28.9 Å². The Labute approximate surface area is 137 Å². The van der Waals surface area contributed by atoms with E-state index in [1.165, 1.54) is 10.9 Å². The number of anilines is 1. The van der Waals surface area contributed by atoms with Crippen molar-refractivity contribution in [3.05, 3.63) is 30.1 Å². The van der Waals surface area contributed by atoms with Crippen LogP contribution in [0.2, 0.25) is 0 Å². The molecular weight excluding hydrogens is 320 g/mol. The Kier molecular flexibility index (Phi) is 5.31. The van der Waals surface area contributed by atoms with Crippen molar-refractivity contribution in [3.63, 3.8) is 0 Å². The number of aryl methyl sites for hydroxylation is 1. The Morgan fingerprint density at radius 1 is 1.22 bits per heavy atom. The minimum Gasteiger partial charge on any atom is -0.493 e. The lowest BCUT2D eigenvalue weighted by atomic mass is 10.3. The normalized spacial score (nSPS) is 9.87. The molecule has 3 N–H and O–H groups in total. The smallest absolute Gasteiger partial charge is 0.291 e. The maximum atomic E-state index is 11.8. The van der Waals surface area contributed by atoms with Gasteiger partial charge in [0.25, 0.3) is 5.91 Å². The van der Waals surface area contributed by atoms with Crippen LogP contribution in [0.5, 0.6) is 11.5 Å². The Morgan fingerprint density at radius 3 is 2.57 bits per heavy atom. The number of aromatic nitrogens is 3. The lowest BCUT2D eigenvalue weighted by Crippen LogP contribution is -2.43. The number of hydrogen-bond donors (Lipinski definition) is 3. The standard InChI is InChI=1S/C13H16N6O3S/c1-19-7-9(15-18-19)12(20)16-17-13(23)14-8-4-5-10(21-2)11(6-8)22-3/h4-7H,1-3H3,(H,16,20)(H2,14,17,23). The molecule has 0 aliphatic carbocycles. The lowest BCUT2D eigenvalue weighted by molar-refractivity contribution is 0.0939. The summed E-state index contributed by atoms with van der Waals surface area (Å²) in [7, 11) is 4.76. The largest absolute Gasteiger partial charge is 0.493 e. The van der Waals surface area contributed by atoms with Crippen LogP contribution >= 0.6 is 12.2 Å². The fourth-order valence-electron chi connectivity index (χ4n) is 1.71. The first-order chi connectivity index (χ1) is 11.0. The van der Waals surface area contributed by atoms with E-state index in [2.05, 4.69) is 26.5 Å². The molecule has 1 aromatic carbocycles. The Balaban J connectivity index is 1.91. The van der Waals surface area contributed by atoms with Crippen LogP contribution in [0, 0.1) is 0 Å². The van der Waals surface area contributed by atoms with Crippen LogP contribution in [-0.4, -0.2) is 40.2 Å². The molecule has 0 saturated heterocycles. The second kappa shape index (κ2) is 7.40. The number of hydrogen-bond acceptors (Lipinski definition) is 6. The third-order valence-electron chi connectivity index (χ3n) is 2.77. The minimum atomic E-state index is -0.449. The van der Waals surface area contributed by atoms with Gasteiger partial charge in [-0.25, -0.2) is 0 Å². The first kappa shape index (κ1) is 16.5. The first-order valence-corrected chi connectivity index (χ1v) is 6.90. The molecule has 1 heterocycles. The molecule has 1 amide bonds. The third-order valence-corrected chi connectivity index (χ3v) is 2.97. The summed E-state index contributed by atoms with van der Waals surface area (Å²) in [6.07, 6.45) is 1.49. The van der Waals surface area contributed by atoms with Crippen molar-refractivity contribution in [3.8, 4) is 11.5 Å². The summed E-state index contributed by atoms with van der Waals surface area (Å²) in [5.41, 5.74) is 5.85. The van der Waals surface area contributed by atoms with E-state index >= 15 is 0 Å². The second-order valence-electron chi connectivity index (χ2n) is 4.38. The highest BCUT2D eigenvalue weighted by Crippen LogP contribution is 2.29. The Hall–Kier alpha value is -2.88. The number of nitrogens with zero attached hydrogens (tertiary/aromatic N) is 3. The molecule has 0 aliphatic rings. The van der Waals surface area contributed by atoms with Gasteiger partial charge in [-0.1, -0.05) is 5.21 Å². The minimum absolute atomic E-state index is 0.175. The SMILES string of the molecule is COc1ccc(NC(=S)NNC(=O)c2cn(C)nn2)cc1OC. The van der Waals surface area contributed by atoms with Crippen molar-refractivity contribution < 1.29 is 14.3 Å². The van der Waals surface area contributed by atoms with Gasteiger partial charge in [0, 0.05) is 18.8 Å². The topological polar surface area (TPSA) is 102 Å². The van der Waals surface area contributed by atoms with Crippen molar-refractivity contribution in [1.82, 2.24) is 25.8 Å². The van der Waals surface area contributed by atoms with Gasteiger partial charge in [-0.05, 0) is 24.4 Å². The molecule has 9 nitrogen and oxygen atoms in total. The quantitative estimate of drug-likeness (QED) is 0.547. The molecule has 2 rings (SSSR count). The van der Waals surface area contributed by atoms with Gasteiger partial charge in [0.1, 0.15) is 0 Å². The predicted octanol–water partition coefficient (Wildman–Crippen LogP) is 0.464. The molecular formula is C13H16N6O3S. The summed E-state index contributed by atoms with van der Waals surface area (Å²) in [5, 5.41) is 10.5. The highest BCUT2D eigenvalue weighted by atomic mass is 32.1. The lowest BCUT2D eigenvalue weighted by Gasteiger charge is -2.13. The average molecular weight is 336 g/mol. The molecule has 122 valence electrons. The number of nitrogens with one attached hydrogen (secondary N) is 3. The maximum Gasteiger partial charge on any atom is 0.291 e. The van der Waals surface area contributed by atoms with Crippen molar-refractivity contribution in [2.24, 2.45) is 7.05 Å². The van der Waals surface area contributed by atoms with Gasteiger partial charge in [0.15, 0.2) is 22.3 Å². The number of ether oxygens (including phenoxy) is 2. The van der Waals surface area contributed by atoms with Gasteiger partial charge in [-0.3, -0.25) is 20.3 Å². The molecule has 0 saturated carbocycles. The molecule has 1 aromatic heterocycles. The van der Waals surface area contributed by atoms with E-state index in [0.717, 1.165) is 0 Å². The van der Waals surface area contributed by atoms with Gasteiger partial charge in [-0.2, -0.15) is 0 Å². The average Bonchev–Trinajstić information content (AvgIpc) is 2.99. The predicted molar refractivity (Wildman–Crippen MR) is 87.4 cm³/mol. The van der Waals surface area contributed by atoms with Gasteiger partial charge in [-0.15, -0.1) is 5.10 Å². The number of carbonyl (C=O) groups excluding carboxylic acids is 1. The fourth-order valence-corrected chi connectivity index (χ4v) is 1.87. The van der Waals surface area contributed by atoms with Gasteiger partial charge in [0.2, 0.25) is 0 Å². The van der Waals surface area contributed by atoms with E-state index in [4.69, 9.17) is 21.7 Å². The zero-order chi connectivity index (χ0) is 16.8. The number of rotatable bonds is 4. The van der Waals surface area contributed by atoms with E-state index in [1.807, 2.05) is 0 Å². The molecule has 0 atom stereocenters. The van der Waals surface area contributed by atoms with E-state index in [0.29, 0.717) is 17.2 Å². The number of thiocarbonyl (C=S) groups is 1. The van der Waals surface area contributed by atoms with Crippen LogP contribution in [0.4, 0.5) is 5.69 Å². The Morgan fingerprint density at radius 2 is 1.96 bits per heavy atom. The summed E-state index contributed by atoms with van der Waals surface area (Å²) in [6, 6.07) is 5.22. The second-order valence-corrected chi connectivity index (χ2v) is 4.79. The highest BCUT2D eigenvalue weighted by Gasteiger charge is 2.10. The zero-order valence-corrected chi connectivity index (χ0v) is 13.6. The van der Waals surface area contributed by atoms with E-state index in [1.54, 1.807) is 39.5 Å². The number of hydrazine groups is 1. The molecule has 23 heavy (non-hydrogen) atoms. The van der Waals surface area contributed by atoms with Gasteiger partial charge >= 0.3 is 0 Å². The molecule has 2 aromatic rings. The maximum absolute atomic E-state index is 11.8. The molecule has 0 unspecified atom stereocenters. The van der Waals surface area contributed by atoms with Crippen LogP contribution in [0.3, 0.4) is 0 Å². The van der Waals surface area contributed by atoms with Crippen LogP contribution in [0.15, 0.2) is 24.4 Å². The monoisotopic (exact) mass is 336 g/mol. The Bertz CT molecular complexity index is 717. The highest BCUT2D eigenvalue weighted by molar-refractivity contribution is 7.80. The van der Waals surface area contributed by atoms with Crippen LogP contribution in [-0.2, 0) is 7.05 Å². The summed E-state index contributed by atoms with van der Waals surface area (Å²) >= 11 is 5.10. The molecule has 0 spiro atoms. The third kappa shape index (κ3) is 4.30. The van der Waals surface area contributed by atoms with E-state index in [9.17, 15) is 4.79 Å². The number of methoxy groups -OCH3 is 2. The van der Waals surface area contributed by atoms with E-state index < -0.39 is 5.91 Å². The summed E-state index contributed by atoms with van der Waals surface area (Å²) in [4.78, 5) is 11.8. The zero-order valence-electron chi connectivity index (χ0n) is 12.8. The molecule has 0 fully saturated rings. The van der Waals surface area contributed by atoms with Crippen LogP contribution in [0.25, 0.3) is 0 Å². The first-order valence-electron chi connectivity index (χ1n) is 6.49. The number of carbonyl (C=O) groups is 1. The summed E-state index contributed by atoms with van der Waals surface area (Å²) in [5.74, 6) is 0.714. The fraction of sp³-hybridized carbons (Fsp3) is 0.231. The van der Waals surface area contributed by atoms with Gasteiger partial charge in [0.05, 0.1) is 20.4 Å². The number of benzene rings is 1. The number of amides is 1. The van der Waals surface area contributed by atoms with Crippen molar-refractivity contribution in [2.45, 2.75) is 0 Å². The van der Waals surface area contributed by atoms with Gasteiger partial charge < -0.3 is 14.8 Å². The van der Waals surface area contributed by atoms with Crippen molar-refractivity contribution in [1.29, 1.82) is 0 Å². The van der Waals surface area contributed by atoms with Crippen LogP contribution < -0.4 is 25.6 Å². The molecule has 10 heteroatoms.